The smallest absolute Gasteiger partial charge is 0.126 e. The summed E-state index contributed by atoms with van der Waals surface area (Å²) in [5.74, 6) is 1.93. The highest BCUT2D eigenvalue weighted by molar-refractivity contribution is 8.20. The molecule has 0 unspecified atom stereocenters. The molecule has 0 aliphatic carbocycles. The molecule has 21 heavy (non-hydrogen) atoms. The second-order valence-corrected chi connectivity index (χ2v) is 7.80. The number of aromatic nitrogens is 1. The third kappa shape index (κ3) is 2.47. The summed E-state index contributed by atoms with van der Waals surface area (Å²) in [6, 6.07) is 13.1. The van der Waals surface area contributed by atoms with E-state index in [-0.39, 0.29) is 9.90 Å². The molecule has 0 bridgehead atoms. The van der Waals surface area contributed by atoms with Gasteiger partial charge in [-0.15, -0.1) is 23.5 Å². The van der Waals surface area contributed by atoms with Gasteiger partial charge in [0.2, 0.25) is 0 Å². The molecule has 0 N–H and O–H groups in total. The van der Waals surface area contributed by atoms with Crippen molar-refractivity contribution in [2.45, 2.75) is 10.5 Å². The van der Waals surface area contributed by atoms with E-state index in [0.717, 1.165) is 22.8 Å². The molecule has 0 saturated carbocycles. The molecule has 0 amide bonds. The zero-order valence-corrected chi connectivity index (χ0v) is 13.3. The third-order valence-electron chi connectivity index (χ3n) is 3.74. The minimum atomic E-state index is -0.209. The predicted molar refractivity (Wildman–Crippen MR) is 86.8 cm³/mol. The van der Waals surface area contributed by atoms with Crippen molar-refractivity contribution in [1.82, 2.24) is 4.57 Å². The first kappa shape index (κ1) is 14.6. The summed E-state index contributed by atoms with van der Waals surface area (Å²) in [4.78, 5) is 0. The van der Waals surface area contributed by atoms with Crippen molar-refractivity contribution in [3.63, 3.8) is 0 Å². The first-order chi connectivity index (χ1) is 10.2. The van der Waals surface area contributed by atoms with Gasteiger partial charge in [0, 0.05) is 29.9 Å². The summed E-state index contributed by atoms with van der Waals surface area (Å²) in [5.41, 5.74) is 3.30. The van der Waals surface area contributed by atoms with Crippen molar-refractivity contribution in [3.05, 3.63) is 59.2 Å². The summed E-state index contributed by atoms with van der Waals surface area (Å²) in [7, 11) is 2.01. The van der Waals surface area contributed by atoms with Crippen molar-refractivity contribution >= 4 is 23.5 Å². The highest BCUT2D eigenvalue weighted by Crippen LogP contribution is 2.56. The summed E-state index contributed by atoms with van der Waals surface area (Å²) >= 11 is 3.77. The number of nitrogens with zero attached hydrogens (tertiary/aromatic N) is 2. The van der Waals surface area contributed by atoms with Crippen molar-refractivity contribution in [2.24, 2.45) is 7.05 Å². The molecule has 108 valence electrons. The highest BCUT2D eigenvalue weighted by Gasteiger charge is 2.41. The summed E-state index contributed by atoms with van der Waals surface area (Å²) in [5, 5.41) is 8.92. The first-order valence-electron chi connectivity index (χ1n) is 6.73. The number of rotatable bonds is 3. The van der Waals surface area contributed by atoms with Gasteiger partial charge in [-0.2, -0.15) is 5.26 Å². The van der Waals surface area contributed by atoms with Crippen LogP contribution in [0.3, 0.4) is 0 Å². The molecule has 0 atom stereocenters. The van der Waals surface area contributed by atoms with E-state index in [4.69, 9.17) is 5.26 Å². The van der Waals surface area contributed by atoms with Gasteiger partial charge in [0.05, 0.1) is 12.5 Å². The Morgan fingerprint density at radius 2 is 1.86 bits per heavy atom. The van der Waals surface area contributed by atoms with Gasteiger partial charge in [-0.3, -0.25) is 0 Å². The predicted octanol–water partition coefficient (Wildman–Crippen LogP) is 3.91. The first-order valence-corrected chi connectivity index (χ1v) is 8.70. The Morgan fingerprint density at radius 1 is 1.19 bits per heavy atom. The molecule has 5 heteroatoms. The van der Waals surface area contributed by atoms with Crippen LogP contribution in [0.4, 0.5) is 4.39 Å². The zero-order chi connectivity index (χ0) is 14.9. The number of nitriles is 1. The molecule has 2 heterocycles. The third-order valence-corrected chi connectivity index (χ3v) is 7.23. The normalized spacial score (nSPS) is 16.8. The maximum atomic E-state index is 13.2. The van der Waals surface area contributed by atoms with Crippen LogP contribution in [0, 0.1) is 17.1 Å². The molecule has 2 nitrogen and oxygen atoms in total. The van der Waals surface area contributed by atoms with Gasteiger partial charge in [0.15, 0.2) is 0 Å². The Bertz CT molecular complexity index is 679. The average Bonchev–Trinajstić information content (AvgIpc) is 3.09. The van der Waals surface area contributed by atoms with Crippen molar-refractivity contribution < 1.29 is 4.39 Å². The molecule has 3 rings (SSSR count). The lowest BCUT2D eigenvalue weighted by Crippen LogP contribution is -2.20. The maximum Gasteiger partial charge on any atom is 0.126 e. The SMILES string of the molecule is Cn1c(CC#N)ccc1C1(c2ccc(F)cc2)SCCS1. The Kier molecular flexibility index (Phi) is 4.01. The largest absolute Gasteiger partial charge is 0.348 e. The zero-order valence-electron chi connectivity index (χ0n) is 11.7. The van der Waals surface area contributed by atoms with Crippen LogP contribution in [0.1, 0.15) is 17.0 Å². The number of hydrogen-bond donors (Lipinski definition) is 0. The molecule has 0 spiro atoms. The van der Waals surface area contributed by atoms with E-state index >= 15 is 0 Å². The second-order valence-electron chi connectivity index (χ2n) is 4.92. The minimum absolute atomic E-state index is 0.198. The standard InChI is InChI=1S/C16H15FN2S2/c1-19-14(8-9-18)6-7-15(19)16(20-10-11-21-16)12-2-4-13(17)5-3-12/h2-7H,8,10-11H2,1H3. The topological polar surface area (TPSA) is 28.7 Å². The molecule has 1 saturated heterocycles. The quantitative estimate of drug-likeness (QED) is 0.859. The van der Waals surface area contributed by atoms with Crippen LogP contribution in [0.15, 0.2) is 36.4 Å². The Labute approximate surface area is 132 Å². The van der Waals surface area contributed by atoms with Crippen molar-refractivity contribution in [2.75, 3.05) is 11.5 Å². The fourth-order valence-corrected chi connectivity index (χ4v) is 6.07. The van der Waals surface area contributed by atoms with E-state index in [1.807, 2.05) is 48.8 Å². The van der Waals surface area contributed by atoms with Crippen LogP contribution in [-0.2, 0) is 17.5 Å². The second kappa shape index (κ2) is 5.78. The molecule has 1 aromatic carbocycles. The number of benzene rings is 1. The van der Waals surface area contributed by atoms with E-state index in [2.05, 4.69) is 16.7 Å². The van der Waals surface area contributed by atoms with Gasteiger partial charge in [0.25, 0.3) is 0 Å². The van der Waals surface area contributed by atoms with Crippen molar-refractivity contribution in [3.8, 4) is 6.07 Å². The number of thioether (sulfide) groups is 2. The summed E-state index contributed by atoms with van der Waals surface area (Å²) in [6.45, 7) is 0. The van der Waals surface area contributed by atoms with Gasteiger partial charge in [-0.25, -0.2) is 4.39 Å². The monoisotopic (exact) mass is 318 g/mol. The Morgan fingerprint density at radius 3 is 2.48 bits per heavy atom. The van der Waals surface area contributed by atoms with E-state index in [9.17, 15) is 4.39 Å². The molecule has 1 aliphatic rings. The lowest BCUT2D eigenvalue weighted by molar-refractivity contribution is 0.626. The van der Waals surface area contributed by atoms with E-state index in [0.29, 0.717) is 6.42 Å². The fraction of sp³-hybridized carbons (Fsp3) is 0.312. The summed E-state index contributed by atoms with van der Waals surface area (Å²) < 4.78 is 15.1. The van der Waals surface area contributed by atoms with Crippen LogP contribution < -0.4 is 0 Å². The van der Waals surface area contributed by atoms with E-state index in [1.54, 1.807) is 0 Å². The van der Waals surface area contributed by atoms with Crippen LogP contribution >= 0.6 is 23.5 Å². The van der Waals surface area contributed by atoms with Gasteiger partial charge < -0.3 is 4.57 Å². The lowest BCUT2D eigenvalue weighted by atomic mass is 10.1. The van der Waals surface area contributed by atoms with Crippen molar-refractivity contribution in [1.29, 1.82) is 5.26 Å². The molecule has 1 fully saturated rings. The number of hydrogen-bond acceptors (Lipinski definition) is 3. The van der Waals surface area contributed by atoms with Crippen LogP contribution in [0.2, 0.25) is 0 Å². The van der Waals surface area contributed by atoms with Crippen LogP contribution in [-0.4, -0.2) is 16.1 Å². The van der Waals surface area contributed by atoms with Gasteiger partial charge in [0.1, 0.15) is 9.90 Å². The maximum absolute atomic E-state index is 13.2. The molecule has 2 aromatic rings. The van der Waals surface area contributed by atoms with Gasteiger partial charge in [-0.05, 0) is 29.8 Å². The summed E-state index contributed by atoms with van der Waals surface area (Å²) in [6.07, 6.45) is 0.408. The Hall–Kier alpha value is -1.38. The molecule has 1 aromatic heterocycles. The number of halogens is 1. The Balaban J connectivity index is 2.10. The molecular formula is C16H15FN2S2. The van der Waals surface area contributed by atoms with Crippen LogP contribution in [0.5, 0.6) is 0 Å². The van der Waals surface area contributed by atoms with Gasteiger partial charge >= 0.3 is 0 Å². The van der Waals surface area contributed by atoms with E-state index in [1.165, 1.54) is 17.8 Å². The minimum Gasteiger partial charge on any atom is -0.348 e. The molecular weight excluding hydrogens is 303 g/mol. The van der Waals surface area contributed by atoms with Crippen LogP contribution in [0.25, 0.3) is 0 Å². The average molecular weight is 318 g/mol. The highest BCUT2D eigenvalue weighted by atomic mass is 32.2. The lowest BCUT2D eigenvalue weighted by Gasteiger charge is -2.29. The fourth-order valence-electron chi connectivity index (χ4n) is 2.69. The van der Waals surface area contributed by atoms with Gasteiger partial charge in [-0.1, -0.05) is 12.1 Å². The molecule has 0 radical (unpaired) electrons. The van der Waals surface area contributed by atoms with E-state index < -0.39 is 0 Å². The molecule has 1 aliphatic heterocycles.